The Bertz CT molecular complexity index is 512. The third-order valence-corrected chi connectivity index (χ3v) is 2.73. The Balaban J connectivity index is 2.95. The predicted molar refractivity (Wildman–Crippen MR) is 52.6 cm³/mol. The molecule has 3 nitrogen and oxygen atoms in total. The molecule has 0 radical (unpaired) electrons. The summed E-state index contributed by atoms with van der Waals surface area (Å²) in [5, 5.41) is 9.14. The first kappa shape index (κ1) is 8.54. The number of fused-ring (bicyclic) bond motifs is 1. The number of rotatable bonds is 0. The van der Waals surface area contributed by atoms with E-state index in [4.69, 9.17) is 16.9 Å². The van der Waals surface area contributed by atoms with Crippen molar-refractivity contribution < 1.29 is 0 Å². The van der Waals surface area contributed by atoms with Crippen LogP contribution in [0.2, 0.25) is 5.15 Å². The highest BCUT2D eigenvalue weighted by Crippen LogP contribution is 2.25. The number of nitrogens with zero attached hydrogens (tertiary/aromatic N) is 3. The van der Waals surface area contributed by atoms with E-state index in [-0.39, 0.29) is 0 Å². The van der Waals surface area contributed by atoms with E-state index < -0.39 is 0 Å². The van der Waals surface area contributed by atoms with Gasteiger partial charge in [0, 0.05) is 4.47 Å². The molecule has 0 atom stereocenters. The van der Waals surface area contributed by atoms with Gasteiger partial charge in [-0.25, -0.2) is 4.98 Å². The summed E-state index contributed by atoms with van der Waals surface area (Å²) in [6.45, 7) is 0. The lowest BCUT2D eigenvalue weighted by Gasteiger charge is -2.01. The molecule has 0 saturated carbocycles. The van der Waals surface area contributed by atoms with E-state index in [0.717, 1.165) is 9.99 Å². The number of hydrogen-bond acceptors (Lipinski definition) is 2. The van der Waals surface area contributed by atoms with Crippen molar-refractivity contribution in [2.75, 3.05) is 0 Å². The number of nitriles is 1. The van der Waals surface area contributed by atoms with E-state index in [9.17, 15) is 0 Å². The van der Waals surface area contributed by atoms with Gasteiger partial charge in [0.2, 0.25) is 0 Å². The zero-order chi connectivity index (χ0) is 9.42. The summed E-state index contributed by atoms with van der Waals surface area (Å²) in [6, 6.07) is 3.69. The average Bonchev–Trinajstić information content (AvgIpc) is 2.60. The lowest BCUT2D eigenvalue weighted by Crippen LogP contribution is -1.89. The number of hydrogen-bond donors (Lipinski definition) is 0. The van der Waals surface area contributed by atoms with Crippen LogP contribution in [-0.2, 0) is 0 Å². The van der Waals surface area contributed by atoms with Gasteiger partial charge in [0.25, 0.3) is 0 Å². The van der Waals surface area contributed by atoms with Gasteiger partial charge in [-0.1, -0.05) is 11.6 Å². The molecule has 2 rings (SSSR count). The van der Waals surface area contributed by atoms with Crippen LogP contribution in [0.4, 0.5) is 0 Å². The van der Waals surface area contributed by atoms with E-state index in [0.29, 0.717) is 10.7 Å². The maximum atomic E-state index is 8.75. The highest BCUT2D eigenvalue weighted by molar-refractivity contribution is 9.10. The minimum atomic E-state index is 0.387. The molecule has 0 N–H and O–H groups in total. The second kappa shape index (κ2) is 3.02. The van der Waals surface area contributed by atoms with E-state index in [1.54, 1.807) is 23.0 Å². The minimum Gasteiger partial charge on any atom is -0.287 e. The van der Waals surface area contributed by atoms with Gasteiger partial charge in [-0.05, 0) is 22.0 Å². The zero-order valence-electron chi connectivity index (χ0n) is 6.33. The van der Waals surface area contributed by atoms with Crippen molar-refractivity contribution >= 4 is 33.0 Å². The maximum absolute atomic E-state index is 8.75. The summed E-state index contributed by atoms with van der Waals surface area (Å²) in [7, 11) is 0. The lowest BCUT2D eigenvalue weighted by atomic mass is 10.3. The molecule has 0 aliphatic heterocycles. The molecule has 0 fully saturated rings. The Morgan fingerprint density at radius 2 is 2.38 bits per heavy atom. The fraction of sp³-hybridized carbons (Fsp3) is 0. The van der Waals surface area contributed by atoms with Gasteiger partial charge in [-0.3, -0.25) is 4.40 Å². The first-order valence-electron chi connectivity index (χ1n) is 3.44. The zero-order valence-corrected chi connectivity index (χ0v) is 8.67. The van der Waals surface area contributed by atoms with Crippen molar-refractivity contribution in [3.05, 3.63) is 33.8 Å². The quantitative estimate of drug-likeness (QED) is 0.680. The van der Waals surface area contributed by atoms with Crippen LogP contribution in [0.15, 0.2) is 23.1 Å². The smallest absolute Gasteiger partial charge is 0.132 e. The highest BCUT2D eigenvalue weighted by Gasteiger charge is 2.08. The van der Waals surface area contributed by atoms with Crippen LogP contribution in [0.5, 0.6) is 0 Å². The molecule has 0 amide bonds. The molecule has 0 aromatic carbocycles. The van der Waals surface area contributed by atoms with Crippen LogP contribution in [0, 0.1) is 11.3 Å². The Hall–Kier alpha value is -1.05. The fourth-order valence-corrected chi connectivity index (χ4v) is 1.85. The van der Waals surface area contributed by atoms with Gasteiger partial charge in [-0.2, -0.15) is 5.26 Å². The first-order chi connectivity index (χ1) is 6.24. The Morgan fingerprint density at radius 3 is 3.08 bits per heavy atom. The van der Waals surface area contributed by atoms with Gasteiger partial charge in [0.15, 0.2) is 0 Å². The molecule has 2 aromatic heterocycles. The van der Waals surface area contributed by atoms with Crippen molar-refractivity contribution in [3.63, 3.8) is 0 Å². The number of pyridine rings is 1. The monoisotopic (exact) mass is 255 g/mol. The third kappa shape index (κ3) is 1.21. The molecule has 0 unspecified atom stereocenters. The Kier molecular flexibility index (Phi) is 1.98. The van der Waals surface area contributed by atoms with Gasteiger partial charge in [0.05, 0.1) is 17.3 Å². The summed E-state index contributed by atoms with van der Waals surface area (Å²) in [5.41, 5.74) is 1.28. The van der Waals surface area contributed by atoms with Crippen LogP contribution < -0.4 is 0 Å². The average molecular weight is 256 g/mol. The second-order valence-electron chi connectivity index (χ2n) is 2.46. The normalized spacial score (nSPS) is 10.2. The van der Waals surface area contributed by atoms with Crippen LogP contribution in [0.25, 0.3) is 5.52 Å². The van der Waals surface area contributed by atoms with E-state index in [2.05, 4.69) is 20.9 Å². The molecule has 0 saturated heterocycles. The van der Waals surface area contributed by atoms with E-state index in [1.165, 1.54) is 0 Å². The van der Waals surface area contributed by atoms with Crippen molar-refractivity contribution in [1.82, 2.24) is 9.38 Å². The summed E-state index contributed by atoms with van der Waals surface area (Å²) in [4.78, 5) is 3.94. The SMILES string of the molecule is N#Cc1cc(Br)c2cncn2c1Cl. The van der Waals surface area contributed by atoms with Crippen LogP contribution in [0.1, 0.15) is 5.56 Å². The molecule has 0 aliphatic rings. The largest absolute Gasteiger partial charge is 0.287 e. The van der Waals surface area contributed by atoms with Gasteiger partial charge >= 0.3 is 0 Å². The predicted octanol–water partition coefficient (Wildman–Crippen LogP) is 2.62. The molecule has 0 bridgehead atoms. The molecule has 2 heterocycles. The third-order valence-electron chi connectivity index (χ3n) is 1.71. The minimum absolute atomic E-state index is 0.387. The van der Waals surface area contributed by atoms with Crippen molar-refractivity contribution in [3.8, 4) is 6.07 Å². The van der Waals surface area contributed by atoms with Gasteiger partial charge < -0.3 is 0 Å². The fourth-order valence-electron chi connectivity index (χ4n) is 1.10. The van der Waals surface area contributed by atoms with Crippen molar-refractivity contribution in [1.29, 1.82) is 5.26 Å². The summed E-state index contributed by atoms with van der Waals surface area (Å²) < 4.78 is 2.47. The molecule has 0 aliphatic carbocycles. The Labute approximate surface area is 87.7 Å². The molecule has 5 heteroatoms. The number of halogens is 2. The second-order valence-corrected chi connectivity index (χ2v) is 3.67. The molecular weight excluding hydrogens is 253 g/mol. The summed E-state index contributed by atoms with van der Waals surface area (Å²) >= 11 is 9.27. The van der Waals surface area contributed by atoms with Gasteiger partial charge in [-0.15, -0.1) is 0 Å². The van der Waals surface area contributed by atoms with E-state index >= 15 is 0 Å². The van der Waals surface area contributed by atoms with Crippen LogP contribution >= 0.6 is 27.5 Å². The Morgan fingerprint density at radius 1 is 1.62 bits per heavy atom. The maximum Gasteiger partial charge on any atom is 0.132 e. The molecule has 13 heavy (non-hydrogen) atoms. The molecular formula is C8H3BrClN3. The van der Waals surface area contributed by atoms with Gasteiger partial charge in [0.1, 0.15) is 17.5 Å². The van der Waals surface area contributed by atoms with Crippen LogP contribution in [0.3, 0.4) is 0 Å². The number of aromatic nitrogens is 2. The molecule has 2 aromatic rings. The topological polar surface area (TPSA) is 41.1 Å². The summed E-state index contributed by atoms with van der Waals surface area (Å²) in [5.74, 6) is 0. The molecule has 64 valence electrons. The van der Waals surface area contributed by atoms with E-state index in [1.807, 2.05) is 6.07 Å². The molecule has 0 spiro atoms. The lowest BCUT2D eigenvalue weighted by molar-refractivity contribution is 1.14. The first-order valence-corrected chi connectivity index (χ1v) is 4.61. The number of imidazole rings is 1. The highest BCUT2D eigenvalue weighted by atomic mass is 79.9. The summed E-state index contributed by atoms with van der Waals surface area (Å²) in [6.07, 6.45) is 3.25. The van der Waals surface area contributed by atoms with Crippen molar-refractivity contribution in [2.24, 2.45) is 0 Å². The van der Waals surface area contributed by atoms with Crippen LogP contribution in [-0.4, -0.2) is 9.38 Å². The van der Waals surface area contributed by atoms with Crippen molar-refractivity contribution in [2.45, 2.75) is 0 Å². The standard InChI is InChI=1S/C8H3BrClN3/c9-6-1-5(2-11)8(10)13-4-12-3-7(6)13/h1,3-4H.